The van der Waals surface area contributed by atoms with E-state index in [2.05, 4.69) is 41.6 Å². The highest BCUT2D eigenvalue weighted by molar-refractivity contribution is 7.99. The van der Waals surface area contributed by atoms with Crippen molar-refractivity contribution in [1.82, 2.24) is 16.0 Å². The maximum absolute atomic E-state index is 11.5. The molecule has 1 aliphatic carbocycles. The van der Waals surface area contributed by atoms with Crippen LogP contribution in [0.5, 0.6) is 5.75 Å². The maximum atomic E-state index is 11.5. The smallest absolute Gasteiger partial charge is 0.257 e. The molecule has 1 aromatic carbocycles. The number of aliphatic imine (C=N–C) groups is 1. The number of benzene rings is 1. The quantitative estimate of drug-likeness (QED) is 0.411. The molecule has 0 aliphatic heterocycles. The highest BCUT2D eigenvalue weighted by Gasteiger charge is 2.25. The summed E-state index contributed by atoms with van der Waals surface area (Å²) in [6, 6.07) is 8.25. The van der Waals surface area contributed by atoms with Gasteiger partial charge >= 0.3 is 0 Å². The number of hydrogen-bond acceptors (Lipinski definition) is 4. The van der Waals surface area contributed by atoms with Crippen molar-refractivity contribution < 1.29 is 9.53 Å². The molecule has 0 spiro atoms. The van der Waals surface area contributed by atoms with Gasteiger partial charge in [0.1, 0.15) is 5.75 Å². The predicted molar refractivity (Wildman–Crippen MR) is 118 cm³/mol. The summed E-state index contributed by atoms with van der Waals surface area (Å²) in [5.41, 5.74) is 1.05. The molecule has 0 aromatic heterocycles. The Morgan fingerprint density at radius 3 is 2.79 bits per heavy atom. The Bertz CT molecular complexity index is 639. The zero-order valence-electron chi connectivity index (χ0n) is 17.3. The van der Waals surface area contributed by atoms with Crippen LogP contribution in [0.4, 0.5) is 0 Å². The first-order valence-corrected chi connectivity index (χ1v) is 11.3. The van der Waals surface area contributed by atoms with Crippen LogP contribution in [0.2, 0.25) is 0 Å². The molecule has 2 rings (SSSR count). The number of hydrogen-bond donors (Lipinski definition) is 3. The molecule has 0 radical (unpaired) electrons. The molecule has 28 heavy (non-hydrogen) atoms. The summed E-state index contributed by atoms with van der Waals surface area (Å²) in [5.74, 6) is 2.63. The number of nitrogens with zero attached hydrogens (tertiary/aromatic N) is 1. The van der Waals surface area contributed by atoms with Crippen LogP contribution in [-0.2, 0) is 11.3 Å². The molecule has 2 unspecified atom stereocenters. The SMILES string of the molecule is CCNC(=O)COc1cccc(CN=C(NCC)NC2CCC(SCC)C2)c1. The Hall–Kier alpha value is -1.89. The van der Waals surface area contributed by atoms with E-state index in [0.717, 1.165) is 23.3 Å². The van der Waals surface area contributed by atoms with Crippen LogP contribution >= 0.6 is 11.8 Å². The highest BCUT2D eigenvalue weighted by Crippen LogP contribution is 2.29. The lowest BCUT2D eigenvalue weighted by Crippen LogP contribution is -2.42. The molecule has 156 valence electrons. The fourth-order valence-electron chi connectivity index (χ4n) is 3.27. The van der Waals surface area contributed by atoms with Crippen LogP contribution < -0.4 is 20.7 Å². The van der Waals surface area contributed by atoms with Gasteiger partial charge in [-0.05, 0) is 56.6 Å². The van der Waals surface area contributed by atoms with E-state index in [4.69, 9.17) is 9.73 Å². The lowest BCUT2D eigenvalue weighted by Gasteiger charge is -2.17. The topological polar surface area (TPSA) is 74.8 Å². The summed E-state index contributed by atoms with van der Waals surface area (Å²) in [6.07, 6.45) is 3.68. The van der Waals surface area contributed by atoms with E-state index in [0.29, 0.717) is 24.9 Å². The number of rotatable bonds is 10. The van der Waals surface area contributed by atoms with Crippen LogP contribution in [0.1, 0.15) is 45.6 Å². The minimum Gasteiger partial charge on any atom is -0.484 e. The van der Waals surface area contributed by atoms with Crippen molar-refractivity contribution in [3.8, 4) is 5.75 Å². The van der Waals surface area contributed by atoms with Gasteiger partial charge in [-0.3, -0.25) is 4.79 Å². The van der Waals surface area contributed by atoms with Gasteiger partial charge in [0.25, 0.3) is 5.91 Å². The van der Waals surface area contributed by atoms with Gasteiger partial charge in [0.2, 0.25) is 0 Å². The first-order chi connectivity index (χ1) is 13.6. The lowest BCUT2D eigenvalue weighted by molar-refractivity contribution is -0.122. The molecule has 1 saturated carbocycles. The van der Waals surface area contributed by atoms with Crippen molar-refractivity contribution in [2.45, 2.75) is 57.9 Å². The molecule has 3 N–H and O–H groups in total. The number of nitrogens with one attached hydrogen (secondary N) is 3. The maximum Gasteiger partial charge on any atom is 0.257 e. The molecule has 1 aromatic rings. The Kier molecular flexibility index (Phi) is 10.0. The molecule has 1 amide bonds. The van der Waals surface area contributed by atoms with Gasteiger partial charge in [0, 0.05) is 24.4 Å². The summed E-state index contributed by atoms with van der Waals surface area (Å²) < 4.78 is 5.56. The van der Waals surface area contributed by atoms with Crippen molar-refractivity contribution in [3.63, 3.8) is 0 Å². The van der Waals surface area contributed by atoms with Gasteiger partial charge < -0.3 is 20.7 Å². The number of likely N-dealkylation sites (N-methyl/N-ethyl adjacent to an activating group) is 1. The van der Waals surface area contributed by atoms with Gasteiger partial charge in [-0.2, -0.15) is 11.8 Å². The van der Waals surface area contributed by atoms with Gasteiger partial charge in [-0.15, -0.1) is 0 Å². The molecule has 6 nitrogen and oxygen atoms in total. The zero-order chi connectivity index (χ0) is 20.2. The first-order valence-electron chi connectivity index (χ1n) is 10.3. The largest absolute Gasteiger partial charge is 0.484 e. The molecule has 1 fully saturated rings. The summed E-state index contributed by atoms with van der Waals surface area (Å²) in [5, 5.41) is 10.4. The predicted octanol–water partition coefficient (Wildman–Crippen LogP) is 2.93. The fraction of sp³-hybridized carbons (Fsp3) is 0.619. The van der Waals surface area contributed by atoms with E-state index in [1.54, 1.807) is 0 Å². The van der Waals surface area contributed by atoms with Crippen LogP contribution in [-0.4, -0.2) is 48.6 Å². The van der Waals surface area contributed by atoms with Gasteiger partial charge in [-0.25, -0.2) is 4.99 Å². The Balaban J connectivity index is 1.89. The van der Waals surface area contributed by atoms with E-state index < -0.39 is 0 Å². The van der Waals surface area contributed by atoms with Crippen LogP contribution in [0.3, 0.4) is 0 Å². The average molecular weight is 407 g/mol. The summed E-state index contributed by atoms with van der Waals surface area (Å²) in [4.78, 5) is 16.3. The highest BCUT2D eigenvalue weighted by atomic mass is 32.2. The van der Waals surface area contributed by atoms with Crippen LogP contribution in [0.15, 0.2) is 29.3 Å². The zero-order valence-corrected chi connectivity index (χ0v) is 18.1. The van der Waals surface area contributed by atoms with Crippen molar-refractivity contribution >= 4 is 23.6 Å². The summed E-state index contributed by atoms with van der Waals surface area (Å²) in [6.45, 7) is 8.23. The summed E-state index contributed by atoms with van der Waals surface area (Å²) >= 11 is 2.06. The molecule has 1 aliphatic rings. The fourth-order valence-corrected chi connectivity index (χ4v) is 4.42. The Labute approximate surface area is 173 Å². The van der Waals surface area contributed by atoms with Crippen molar-refractivity contribution in [3.05, 3.63) is 29.8 Å². The number of thioether (sulfide) groups is 1. The second-order valence-corrected chi connectivity index (χ2v) is 8.39. The number of ether oxygens (including phenoxy) is 1. The molecule has 7 heteroatoms. The van der Waals surface area contributed by atoms with Crippen LogP contribution in [0.25, 0.3) is 0 Å². The first kappa shape index (κ1) is 22.4. The Morgan fingerprint density at radius 2 is 2.04 bits per heavy atom. The molecule has 0 heterocycles. The van der Waals surface area contributed by atoms with Crippen LogP contribution in [0, 0.1) is 0 Å². The third-order valence-electron chi connectivity index (χ3n) is 4.53. The third-order valence-corrected chi connectivity index (χ3v) is 5.77. The molecular weight excluding hydrogens is 372 g/mol. The normalized spacial score (nSPS) is 19.3. The number of amides is 1. The van der Waals surface area contributed by atoms with E-state index >= 15 is 0 Å². The van der Waals surface area contributed by atoms with E-state index in [9.17, 15) is 4.79 Å². The van der Waals surface area contributed by atoms with E-state index in [1.165, 1.54) is 25.0 Å². The van der Waals surface area contributed by atoms with Crippen molar-refractivity contribution in [2.24, 2.45) is 4.99 Å². The second-order valence-electron chi connectivity index (χ2n) is 6.82. The molecule has 2 atom stereocenters. The Morgan fingerprint density at radius 1 is 1.21 bits per heavy atom. The van der Waals surface area contributed by atoms with Gasteiger partial charge in [-0.1, -0.05) is 19.1 Å². The van der Waals surface area contributed by atoms with E-state index in [1.807, 2.05) is 31.2 Å². The minimum atomic E-state index is -0.111. The van der Waals surface area contributed by atoms with Gasteiger partial charge in [0.05, 0.1) is 6.54 Å². The molecule has 0 saturated heterocycles. The monoisotopic (exact) mass is 406 g/mol. The minimum absolute atomic E-state index is 0.0311. The van der Waals surface area contributed by atoms with Crippen molar-refractivity contribution in [1.29, 1.82) is 0 Å². The summed E-state index contributed by atoms with van der Waals surface area (Å²) in [7, 11) is 0. The molecular formula is C21H34N4O2S. The number of carbonyl (C=O) groups is 1. The third kappa shape index (κ3) is 8.00. The van der Waals surface area contributed by atoms with E-state index in [-0.39, 0.29) is 12.5 Å². The number of guanidine groups is 1. The number of carbonyl (C=O) groups excluding carboxylic acids is 1. The second kappa shape index (κ2) is 12.5. The van der Waals surface area contributed by atoms with Crippen molar-refractivity contribution in [2.75, 3.05) is 25.4 Å². The standard InChI is InChI=1S/C21H34N4O2S/c1-4-22-20(26)15-27-18-9-7-8-16(12-18)14-24-21(23-5-2)25-17-10-11-19(13-17)28-6-3/h7-9,12,17,19H,4-6,10-11,13-15H2,1-3H3,(H,22,26)(H2,23,24,25). The molecule has 0 bridgehead atoms. The lowest BCUT2D eigenvalue weighted by atomic mass is 10.2. The van der Waals surface area contributed by atoms with Gasteiger partial charge in [0.15, 0.2) is 12.6 Å². The average Bonchev–Trinajstić information content (AvgIpc) is 3.12.